The van der Waals surface area contributed by atoms with Gasteiger partial charge in [0.1, 0.15) is 5.82 Å². The van der Waals surface area contributed by atoms with E-state index < -0.39 is 0 Å². The summed E-state index contributed by atoms with van der Waals surface area (Å²) in [5.74, 6) is 0.805. The molecule has 0 bridgehead atoms. The summed E-state index contributed by atoms with van der Waals surface area (Å²) in [7, 11) is 0. The molecule has 0 amide bonds. The van der Waals surface area contributed by atoms with Crippen LogP contribution in [0, 0.1) is 17.7 Å². The topological polar surface area (TPSA) is 38.0 Å². The van der Waals surface area contributed by atoms with Crippen LogP contribution in [0.1, 0.15) is 19.4 Å². The van der Waals surface area contributed by atoms with Crippen LogP contribution in [0.25, 0.3) is 0 Å². The Morgan fingerprint density at radius 2 is 2.12 bits per heavy atom. The molecule has 0 saturated carbocycles. The van der Waals surface area contributed by atoms with Crippen LogP contribution in [0.15, 0.2) is 22.7 Å². The van der Waals surface area contributed by atoms with Gasteiger partial charge in [-0.15, -0.1) is 0 Å². The molecule has 17 heavy (non-hydrogen) atoms. The molecular formula is C13H20BrFN2. The molecular weight excluding hydrogens is 283 g/mol. The second-order valence-corrected chi connectivity index (χ2v) is 5.52. The van der Waals surface area contributed by atoms with Crippen molar-refractivity contribution >= 4 is 15.9 Å². The number of rotatable bonds is 6. The van der Waals surface area contributed by atoms with Crippen molar-refractivity contribution in [3.8, 4) is 0 Å². The van der Waals surface area contributed by atoms with Gasteiger partial charge in [-0.2, -0.15) is 0 Å². The number of hydrogen-bond donors (Lipinski definition) is 2. The van der Waals surface area contributed by atoms with E-state index in [1.165, 1.54) is 6.07 Å². The van der Waals surface area contributed by atoms with Crippen molar-refractivity contribution in [2.75, 3.05) is 13.1 Å². The average Bonchev–Trinajstić information content (AvgIpc) is 2.28. The SMILES string of the molecule is CC(C)C(CN)CNCc1cc(Br)ccc1F. The first-order chi connectivity index (χ1) is 8.04. The molecule has 4 heteroatoms. The minimum atomic E-state index is -0.172. The van der Waals surface area contributed by atoms with Crippen molar-refractivity contribution in [2.45, 2.75) is 20.4 Å². The molecule has 0 fully saturated rings. The third-order valence-electron chi connectivity index (χ3n) is 2.98. The van der Waals surface area contributed by atoms with Gasteiger partial charge in [-0.1, -0.05) is 29.8 Å². The standard InChI is InChI=1S/C13H20BrFN2/c1-9(2)11(6-16)8-17-7-10-5-12(14)3-4-13(10)15/h3-5,9,11,17H,6-8,16H2,1-2H3. The van der Waals surface area contributed by atoms with Crippen molar-refractivity contribution in [1.82, 2.24) is 5.32 Å². The Balaban J connectivity index is 2.47. The third kappa shape index (κ3) is 4.74. The third-order valence-corrected chi connectivity index (χ3v) is 3.47. The predicted octanol–water partition coefficient (Wildman–Crippen LogP) is 2.91. The van der Waals surface area contributed by atoms with Gasteiger partial charge in [-0.3, -0.25) is 0 Å². The molecule has 0 spiro atoms. The van der Waals surface area contributed by atoms with E-state index in [1.807, 2.05) is 0 Å². The summed E-state index contributed by atoms with van der Waals surface area (Å²) in [6.07, 6.45) is 0. The molecule has 3 N–H and O–H groups in total. The number of halogens is 2. The van der Waals surface area contributed by atoms with Crippen molar-refractivity contribution in [1.29, 1.82) is 0 Å². The summed E-state index contributed by atoms with van der Waals surface area (Å²) < 4.78 is 14.3. The zero-order chi connectivity index (χ0) is 12.8. The normalized spacial score (nSPS) is 13.1. The largest absolute Gasteiger partial charge is 0.330 e. The van der Waals surface area contributed by atoms with Crippen LogP contribution in [-0.2, 0) is 6.54 Å². The lowest BCUT2D eigenvalue weighted by Crippen LogP contribution is -2.31. The van der Waals surface area contributed by atoms with Gasteiger partial charge in [0.05, 0.1) is 0 Å². The van der Waals surface area contributed by atoms with Crippen molar-refractivity contribution in [3.05, 3.63) is 34.1 Å². The van der Waals surface area contributed by atoms with Gasteiger partial charge in [0, 0.05) is 16.6 Å². The quantitative estimate of drug-likeness (QED) is 0.848. The van der Waals surface area contributed by atoms with Crippen LogP contribution in [0.3, 0.4) is 0 Å². The molecule has 1 aromatic carbocycles. The molecule has 1 aromatic rings. The highest BCUT2D eigenvalue weighted by atomic mass is 79.9. The van der Waals surface area contributed by atoms with Crippen LogP contribution < -0.4 is 11.1 Å². The molecule has 0 heterocycles. The summed E-state index contributed by atoms with van der Waals surface area (Å²) in [6, 6.07) is 4.98. The summed E-state index contributed by atoms with van der Waals surface area (Å²) in [5, 5.41) is 3.26. The Labute approximate surface area is 111 Å². The number of hydrogen-bond acceptors (Lipinski definition) is 2. The van der Waals surface area contributed by atoms with Gasteiger partial charge < -0.3 is 11.1 Å². The van der Waals surface area contributed by atoms with E-state index in [0.717, 1.165) is 11.0 Å². The first-order valence-corrected chi connectivity index (χ1v) is 6.68. The Hall–Kier alpha value is -0.450. The average molecular weight is 303 g/mol. The minimum Gasteiger partial charge on any atom is -0.330 e. The molecule has 0 radical (unpaired) electrons. The minimum absolute atomic E-state index is 0.172. The second kappa shape index (κ2) is 7.09. The molecule has 1 atom stereocenters. The Kier molecular flexibility index (Phi) is 6.09. The molecule has 0 saturated heterocycles. The smallest absolute Gasteiger partial charge is 0.127 e. The van der Waals surface area contributed by atoms with Gasteiger partial charge >= 0.3 is 0 Å². The molecule has 1 unspecified atom stereocenters. The zero-order valence-electron chi connectivity index (χ0n) is 10.3. The van der Waals surface area contributed by atoms with Crippen LogP contribution in [0.2, 0.25) is 0 Å². The van der Waals surface area contributed by atoms with Gasteiger partial charge in [0.2, 0.25) is 0 Å². The van der Waals surface area contributed by atoms with E-state index in [4.69, 9.17) is 5.73 Å². The Morgan fingerprint density at radius 1 is 1.41 bits per heavy atom. The highest BCUT2D eigenvalue weighted by Crippen LogP contribution is 2.15. The zero-order valence-corrected chi connectivity index (χ0v) is 11.9. The fourth-order valence-corrected chi connectivity index (χ4v) is 2.07. The lowest BCUT2D eigenvalue weighted by Gasteiger charge is -2.19. The number of nitrogens with two attached hydrogens (primary N) is 1. The van der Waals surface area contributed by atoms with Crippen LogP contribution in [-0.4, -0.2) is 13.1 Å². The van der Waals surface area contributed by atoms with E-state index >= 15 is 0 Å². The van der Waals surface area contributed by atoms with Gasteiger partial charge in [-0.05, 0) is 43.1 Å². The fourth-order valence-electron chi connectivity index (χ4n) is 1.66. The lowest BCUT2D eigenvalue weighted by molar-refractivity contribution is 0.369. The fraction of sp³-hybridized carbons (Fsp3) is 0.538. The molecule has 2 nitrogen and oxygen atoms in total. The molecule has 0 aliphatic carbocycles. The summed E-state index contributed by atoms with van der Waals surface area (Å²) in [5.41, 5.74) is 6.37. The summed E-state index contributed by atoms with van der Waals surface area (Å²) in [4.78, 5) is 0. The van der Waals surface area contributed by atoms with E-state index in [2.05, 4.69) is 35.1 Å². The second-order valence-electron chi connectivity index (χ2n) is 4.61. The number of nitrogens with one attached hydrogen (secondary N) is 1. The van der Waals surface area contributed by atoms with Crippen molar-refractivity contribution < 1.29 is 4.39 Å². The first kappa shape index (κ1) is 14.6. The van der Waals surface area contributed by atoms with Crippen LogP contribution >= 0.6 is 15.9 Å². The Bertz CT molecular complexity index is 355. The van der Waals surface area contributed by atoms with Gasteiger partial charge in [0.15, 0.2) is 0 Å². The molecule has 0 aliphatic heterocycles. The number of benzene rings is 1. The van der Waals surface area contributed by atoms with Crippen molar-refractivity contribution in [3.63, 3.8) is 0 Å². The lowest BCUT2D eigenvalue weighted by atomic mass is 9.96. The van der Waals surface area contributed by atoms with Crippen LogP contribution in [0.4, 0.5) is 4.39 Å². The van der Waals surface area contributed by atoms with E-state index in [-0.39, 0.29) is 5.82 Å². The highest BCUT2D eigenvalue weighted by Gasteiger charge is 2.11. The van der Waals surface area contributed by atoms with Crippen LogP contribution in [0.5, 0.6) is 0 Å². The summed E-state index contributed by atoms with van der Waals surface area (Å²) >= 11 is 3.34. The van der Waals surface area contributed by atoms with Gasteiger partial charge in [0.25, 0.3) is 0 Å². The van der Waals surface area contributed by atoms with E-state index in [9.17, 15) is 4.39 Å². The molecule has 96 valence electrons. The monoisotopic (exact) mass is 302 g/mol. The van der Waals surface area contributed by atoms with Gasteiger partial charge in [-0.25, -0.2) is 4.39 Å². The molecule has 1 rings (SSSR count). The Morgan fingerprint density at radius 3 is 2.71 bits per heavy atom. The highest BCUT2D eigenvalue weighted by molar-refractivity contribution is 9.10. The van der Waals surface area contributed by atoms with E-state index in [1.54, 1.807) is 12.1 Å². The molecule has 0 aliphatic rings. The maximum absolute atomic E-state index is 13.4. The first-order valence-electron chi connectivity index (χ1n) is 5.89. The van der Waals surface area contributed by atoms with E-state index in [0.29, 0.717) is 30.5 Å². The maximum Gasteiger partial charge on any atom is 0.127 e. The maximum atomic E-state index is 13.4. The predicted molar refractivity (Wildman–Crippen MR) is 73.2 cm³/mol. The molecule has 0 aromatic heterocycles. The summed E-state index contributed by atoms with van der Waals surface area (Å²) in [6.45, 7) is 6.32. The van der Waals surface area contributed by atoms with Crippen molar-refractivity contribution in [2.24, 2.45) is 17.6 Å².